The number of aromatic hydroxyl groups is 1. The second-order valence-corrected chi connectivity index (χ2v) is 7.16. The fraction of sp³-hybridized carbons (Fsp3) is 0.455. The lowest BCUT2D eigenvalue weighted by Crippen LogP contribution is -2.46. The lowest BCUT2D eigenvalue weighted by atomic mass is 10.2. The van der Waals surface area contributed by atoms with Crippen LogP contribution in [0.2, 0.25) is 0 Å². The summed E-state index contributed by atoms with van der Waals surface area (Å²) < 4.78 is 0. The first kappa shape index (κ1) is 18.9. The number of hydrogen-bond donors (Lipinski definition) is 2. The molecule has 1 aliphatic rings. The van der Waals surface area contributed by atoms with Crippen LogP contribution in [0.5, 0.6) is 5.75 Å². The molecule has 0 atom stereocenters. The summed E-state index contributed by atoms with van der Waals surface area (Å²) in [6.45, 7) is 8.85. The van der Waals surface area contributed by atoms with Gasteiger partial charge in [0, 0.05) is 39.3 Å². The Morgan fingerprint density at radius 2 is 1.54 bits per heavy atom. The summed E-state index contributed by atoms with van der Waals surface area (Å²) in [7, 11) is 0. The van der Waals surface area contributed by atoms with Crippen LogP contribution < -0.4 is 5.32 Å². The van der Waals surface area contributed by atoms with Crippen molar-refractivity contribution in [2.45, 2.75) is 25.9 Å². The van der Waals surface area contributed by atoms with Crippen molar-refractivity contribution in [3.05, 3.63) is 65.7 Å². The summed E-state index contributed by atoms with van der Waals surface area (Å²) in [6, 6.07) is 18.2. The van der Waals surface area contributed by atoms with Crippen molar-refractivity contribution in [2.75, 3.05) is 39.3 Å². The number of unbranched alkanes of at least 4 members (excludes halogenated alkanes) is 1. The molecule has 1 saturated heterocycles. The molecule has 0 bridgehead atoms. The van der Waals surface area contributed by atoms with Gasteiger partial charge in [-0.25, -0.2) is 0 Å². The van der Waals surface area contributed by atoms with Crippen LogP contribution in [0.15, 0.2) is 54.6 Å². The van der Waals surface area contributed by atoms with Crippen molar-refractivity contribution in [3.8, 4) is 5.75 Å². The van der Waals surface area contributed by atoms with E-state index >= 15 is 0 Å². The minimum Gasteiger partial charge on any atom is -0.508 e. The van der Waals surface area contributed by atoms with E-state index < -0.39 is 0 Å². The average molecular weight is 354 g/mol. The maximum atomic E-state index is 9.46. The van der Waals surface area contributed by atoms with Crippen LogP contribution in [0.1, 0.15) is 24.0 Å². The van der Waals surface area contributed by atoms with E-state index in [1.54, 1.807) is 6.07 Å². The third-order valence-corrected chi connectivity index (χ3v) is 5.03. The minimum atomic E-state index is 0.343. The van der Waals surface area contributed by atoms with Crippen molar-refractivity contribution in [1.82, 2.24) is 15.1 Å². The summed E-state index contributed by atoms with van der Waals surface area (Å²) in [4.78, 5) is 5.15. The normalized spacial score (nSPS) is 16.0. The zero-order chi connectivity index (χ0) is 18.0. The summed E-state index contributed by atoms with van der Waals surface area (Å²) >= 11 is 0. The van der Waals surface area contributed by atoms with Gasteiger partial charge in [-0.3, -0.25) is 4.90 Å². The molecule has 0 spiro atoms. The van der Waals surface area contributed by atoms with Crippen molar-refractivity contribution in [1.29, 1.82) is 0 Å². The van der Waals surface area contributed by atoms with Gasteiger partial charge in [0.05, 0.1) is 0 Å². The molecule has 140 valence electrons. The fourth-order valence-corrected chi connectivity index (χ4v) is 3.50. The lowest BCUT2D eigenvalue weighted by molar-refractivity contribution is 0.125. The summed E-state index contributed by atoms with van der Waals surface area (Å²) in [5, 5.41) is 12.9. The van der Waals surface area contributed by atoms with Crippen molar-refractivity contribution in [3.63, 3.8) is 0 Å². The fourth-order valence-electron chi connectivity index (χ4n) is 3.50. The molecule has 2 N–H and O–H groups in total. The molecule has 1 aliphatic heterocycles. The number of benzene rings is 2. The van der Waals surface area contributed by atoms with Crippen LogP contribution in [0, 0.1) is 0 Å². The number of hydrogen-bond acceptors (Lipinski definition) is 4. The van der Waals surface area contributed by atoms with Crippen LogP contribution >= 0.6 is 0 Å². The van der Waals surface area contributed by atoms with E-state index in [0.29, 0.717) is 5.75 Å². The standard InChI is InChI=1S/C22H31N3O/c26-22-10-6-9-21(17-22)18-23-11-4-5-12-24-13-15-25(16-14-24)19-20-7-2-1-3-8-20/h1-3,6-10,17,23,26H,4-5,11-16,18-19H2. The molecular formula is C22H31N3O. The number of phenolic OH excluding ortho intramolecular Hbond substituents is 1. The molecule has 1 heterocycles. The topological polar surface area (TPSA) is 38.7 Å². The molecule has 4 heteroatoms. The average Bonchev–Trinajstić information content (AvgIpc) is 2.67. The van der Waals surface area contributed by atoms with Crippen molar-refractivity contribution >= 4 is 0 Å². The molecule has 2 aromatic rings. The Hall–Kier alpha value is -1.88. The minimum absolute atomic E-state index is 0.343. The van der Waals surface area contributed by atoms with E-state index in [1.165, 1.54) is 51.1 Å². The maximum absolute atomic E-state index is 9.46. The Bertz CT molecular complexity index is 639. The zero-order valence-corrected chi connectivity index (χ0v) is 15.6. The molecule has 0 aromatic heterocycles. The Morgan fingerprint density at radius 1 is 0.808 bits per heavy atom. The van der Waals surface area contributed by atoms with Gasteiger partial charge in [0.2, 0.25) is 0 Å². The van der Waals surface area contributed by atoms with Crippen molar-refractivity contribution < 1.29 is 5.11 Å². The Morgan fingerprint density at radius 3 is 2.31 bits per heavy atom. The highest BCUT2D eigenvalue weighted by atomic mass is 16.3. The number of phenols is 1. The third-order valence-electron chi connectivity index (χ3n) is 5.03. The van der Waals surface area contributed by atoms with Gasteiger partial charge in [-0.15, -0.1) is 0 Å². The van der Waals surface area contributed by atoms with Crippen LogP contribution in [0.25, 0.3) is 0 Å². The second-order valence-electron chi connectivity index (χ2n) is 7.16. The molecule has 26 heavy (non-hydrogen) atoms. The maximum Gasteiger partial charge on any atom is 0.115 e. The van der Waals surface area contributed by atoms with Gasteiger partial charge in [-0.05, 0) is 49.2 Å². The number of nitrogens with zero attached hydrogens (tertiary/aromatic N) is 2. The van der Waals surface area contributed by atoms with Crippen LogP contribution in [-0.2, 0) is 13.1 Å². The smallest absolute Gasteiger partial charge is 0.115 e. The first-order valence-corrected chi connectivity index (χ1v) is 9.77. The molecule has 0 radical (unpaired) electrons. The quantitative estimate of drug-likeness (QED) is 0.680. The highest BCUT2D eigenvalue weighted by Gasteiger charge is 2.16. The highest BCUT2D eigenvalue weighted by Crippen LogP contribution is 2.11. The van der Waals surface area contributed by atoms with E-state index in [0.717, 1.165) is 25.2 Å². The predicted octanol–water partition coefficient (Wildman–Crippen LogP) is 3.08. The SMILES string of the molecule is Oc1cccc(CNCCCCN2CCN(Cc3ccccc3)CC2)c1. The van der Waals surface area contributed by atoms with Crippen molar-refractivity contribution in [2.24, 2.45) is 0 Å². The molecule has 0 saturated carbocycles. The van der Waals surface area contributed by atoms with E-state index in [-0.39, 0.29) is 0 Å². The Labute approximate surface area is 157 Å². The Kier molecular flexibility index (Phi) is 7.50. The third kappa shape index (κ3) is 6.45. The van der Waals surface area contributed by atoms with Gasteiger partial charge in [0.25, 0.3) is 0 Å². The zero-order valence-electron chi connectivity index (χ0n) is 15.6. The monoisotopic (exact) mass is 353 g/mol. The predicted molar refractivity (Wildman–Crippen MR) is 107 cm³/mol. The number of piperazine rings is 1. The lowest BCUT2D eigenvalue weighted by Gasteiger charge is -2.34. The van der Waals surface area contributed by atoms with Gasteiger partial charge >= 0.3 is 0 Å². The van der Waals surface area contributed by atoms with Crippen LogP contribution in [0.3, 0.4) is 0 Å². The summed E-state index contributed by atoms with van der Waals surface area (Å²) in [5.41, 5.74) is 2.55. The number of rotatable bonds is 9. The molecular weight excluding hydrogens is 322 g/mol. The summed E-state index contributed by atoms with van der Waals surface area (Å²) in [6.07, 6.45) is 2.44. The van der Waals surface area contributed by atoms with Gasteiger partial charge in [-0.1, -0.05) is 42.5 Å². The molecule has 1 fully saturated rings. The molecule has 0 amide bonds. The molecule has 0 unspecified atom stereocenters. The van der Waals surface area contributed by atoms with E-state index in [4.69, 9.17) is 0 Å². The van der Waals surface area contributed by atoms with Gasteiger partial charge in [0.15, 0.2) is 0 Å². The summed E-state index contributed by atoms with van der Waals surface area (Å²) in [5.74, 6) is 0.343. The largest absolute Gasteiger partial charge is 0.508 e. The van der Waals surface area contributed by atoms with E-state index in [1.807, 2.05) is 18.2 Å². The van der Waals surface area contributed by atoms with E-state index in [9.17, 15) is 5.11 Å². The highest BCUT2D eigenvalue weighted by molar-refractivity contribution is 5.26. The van der Waals surface area contributed by atoms with Gasteiger partial charge in [-0.2, -0.15) is 0 Å². The molecule has 3 rings (SSSR count). The first-order chi connectivity index (χ1) is 12.8. The Balaban J connectivity index is 1.23. The van der Waals surface area contributed by atoms with E-state index in [2.05, 4.69) is 45.4 Å². The van der Waals surface area contributed by atoms with Crippen LogP contribution in [-0.4, -0.2) is 54.2 Å². The van der Waals surface area contributed by atoms with Gasteiger partial charge < -0.3 is 15.3 Å². The molecule has 2 aromatic carbocycles. The number of nitrogens with one attached hydrogen (secondary N) is 1. The molecule has 0 aliphatic carbocycles. The molecule has 4 nitrogen and oxygen atoms in total. The van der Waals surface area contributed by atoms with Gasteiger partial charge in [0.1, 0.15) is 5.75 Å². The second kappa shape index (κ2) is 10.3. The first-order valence-electron chi connectivity index (χ1n) is 9.77. The van der Waals surface area contributed by atoms with Crippen LogP contribution in [0.4, 0.5) is 0 Å².